The van der Waals surface area contributed by atoms with Gasteiger partial charge < -0.3 is 14.2 Å². The second-order valence-electron chi connectivity index (χ2n) is 18.0. The third-order valence-corrected chi connectivity index (χ3v) is 14.1. The van der Waals surface area contributed by atoms with Crippen LogP contribution in [0.1, 0.15) is 22.3 Å². The number of hydrogen-bond acceptors (Lipinski definition) is 3. The summed E-state index contributed by atoms with van der Waals surface area (Å²) in [4.78, 5) is 4.81. The maximum atomic E-state index is 7.28. The van der Waals surface area contributed by atoms with Crippen molar-refractivity contribution in [1.29, 1.82) is 0 Å². The van der Waals surface area contributed by atoms with Crippen LogP contribution < -0.4 is 9.80 Å². The minimum Gasteiger partial charge on any atom is -0.455 e. The standard InChI is InChI=1S/C67H46N2O/c1-7-21-47(22-8-1)49-35-39-55(40-36-49)68(53-29-15-5-16-30-53)57-43-44-58-60(45-57)67(51-25-11-3-12-26-51,52-27-13-4-14-28-52)61-46-62(65-59-33-19-20-34-63(59)70-66(65)64(58)61)69(54-31-17-6-18-32-54)56-41-37-50(38-42-56)48-23-9-2-10-24-48/h1-46H. The largest absolute Gasteiger partial charge is 0.455 e. The molecule has 1 aliphatic rings. The second-order valence-corrected chi connectivity index (χ2v) is 18.0. The molecular formula is C67H46N2O. The van der Waals surface area contributed by atoms with Gasteiger partial charge in [-0.25, -0.2) is 0 Å². The monoisotopic (exact) mass is 894 g/mol. The third-order valence-electron chi connectivity index (χ3n) is 14.1. The Kier molecular flexibility index (Phi) is 10.1. The Labute approximate surface area is 408 Å². The van der Waals surface area contributed by atoms with Crippen molar-refractivity contribution in [2.24, 2.45) is 0 Å². The lowest BCUT2D eigenvalue weighted by atomic mass is 9.67. The summed E-state index contributed by atoms with van der Waals surface area (Å²) in [6, 6.07) is 101. The Morgan fingerprint density at radius 2 is 0.729 bits per heavy atom. The molecule has 0 atom stereocenters. The first-order valence-electron chi connectivity index (χ1n) is 24.0. The topological polar surface area (TPSA) is 19.6 Å². The highest BCUT2D eigenvalue weighted by Gasteiger charge is 2.49. The van der Waals surface area contributed by atoms with E-state index in [1.54, 1.807) is 0 Å². The van der Waals surface area contributed by atoms with Gasteiger partial charge in [-0.1, -0.05) is 206 Å². The van der Waals surface area contributed by atoms with Crippen LogP contribution in [-0.4, -0.2) is 0 Å². The van der Waals surface area contributed by atoms with E-state index in [1.807, 2.05) is 0 Å². The van der Waals surface area contributed by atoms with Crippen LogP contribution in [0, 0.1) is 0 Å². The lowest BCUT2D eigenvalue weighted by Crippen LogP contribution is -2.29. The first-order valence-corrected chi connectivity index (χ1v) is 24.0. The number of anilines is 6. The highest BCUT2D eigenvalue weighted by molar-refractivity contribution is 6.19. The molecule has 0 saturated carbocycles. The van der Waals surface area contributed by atoms with Crippen LogP contribution in [0.15, 0.2) is 283 Å². The molecule has 0 aliphatic heterocycles. The van der Waals surface area contributed by atoms with E-state index in [2.05, 4.69) is 289 Å². The van der Waals surface area contributed by atoms with Crippen LogP contribution in [0.25, 0.3) is 55.3 Å². The van der Waals surface area contributed by atoms with E-state index in [-0.39, 0.29) is 0 Å². The average Bonchev–Trinajstić information content (AvgIpc) is 3.97. The number of rotatable bonds is 10. The summed E-state index contributed by atoms with van der Waals surface area (Å²) in [6.45, 7) is 0. The number of benzene rings is 11. The van der Waals surface area contributed by atoms with Crippen molar-refractivity contribution in [2.75, 3.05) is 9.80 Å². The summed E-state index contributed by atoms with van der Waals surface area (Å²) < 4.78 is 7.28. The second kappa shape index (κ2) is 17.2. The molecule has 12 aromatic rings. The van der Waals surface area contributed by atoms with Gasteiger partial charge in [0.25, 0.3) is 0 Å². The molecule has 3 nitrogen and oxygen atoms in total. The van der Waals surface area contributed by atoms with E-state index in [0.29, 0.717) is 0 Å². The van der Waals surface area contributed by atoms with Gasteiger partial charge in [-0.05, 0) is 123 Å². The first-order chi connectivity index (χ1) is 34.7. The smallest absolute Gasteiger partial charge is 0.145 e. The van der Waals surface area contributed by atoms with Crippen molar-refractivity contribution in [3.63, 3.8) is 0 Å². The van der Waals surface area contributed by atoms with E-state index in [1.165, 1.54) is 44.5 Å². The Morgan fingerprint density at radius 3 is 1.27 bits per heavy atom. The number of fused-ring (bicyclic) bond motifs is 7. The van der Waals surface area contributed by atoms with Gasteiger partial charge in [0.15, 0.2) is 0 Å². The zero-order valence-corrected chi connectivity index (χ0v) is 38.4. The number of hydrogen-bond donors (Lipinski definition) is 0. The number of furan rings is 1. The molecule has 0 radical (unpaired) electrons. The summed E-state index contributed by atoms with van der Waals surface area (Å²) in [5.41, 5.74) is 19.0. The number of nitrogens with zero attached hydrogens (tertiary/aromatic N) is 2. The Bertz CT molecular complexity index is 3740. The number of para-hydroxylation sites is 3. The van der Waals surface area contributed by atoms with Crippen LogP contribution >= 0.6 is 0 Å². The molecule has 0 saturated heterocycles. The molecule has 13 rings (SSSR count). The van der Waals surface area contributed by atoms with Gasteiger partial charge in [-0.15, -0.1) is 0 Å². The van der Waals surface area contributed by atoms with Gasteiger partial charge in [0.1, 0.15) is 11.2 Å². The Balaban J connectivity index is 1.10. The van der Waals surface area contributed by atoms with Crippen molar-refractivity contribution in [1.82, 2.24) is 0 Å². The fourth-order valence-corrected chi connectivity index (χ4v) is 11.0. The molecule has 330 valence electrons. The molecule has 11 aromatic carbocycles. The SMILES string of the molecule is c1ccc(-c2ccc(N(c3ccccc3)c3ccc4c(c3)C(c3ccccc3)(c3ccccc3)c3cc(N(c5ccccc5)c5ccc(-c6ccccc6)cc5)c5c(oc6ccccc65)c3-4)cc2)cc1. The average molecular weight is 895 g/mol. The van der Waals surface area contributed by atoms with Crippen molar-refractivity contribution in [3.05, 3.63) is 301 Å². The lowest BCUT2D eigenvalue weighted by molar-refractivity contribution is 0.669. The molecule has 0 unspecified atom stereocenters. The minimum atomic E-state index is -0.760. The minimum absolute atomic E-state index is 0.760. The van der Waals surface area contributed by atoms with Gasteiger partial charge in [0, 0.05) is 39.4 Å². The van der Waals surface area contributed by atoms with Gasteiger partial charge >= 0.3 is 0 Å². The highest BCUT2D eigenvalue weighted by Crippen LogP contribution is 2.61. The molecule has 0 bridgehead atoms. The summed E-state index contributed by atoms with van der Waals surface area (Å²) in [6.07, 6.45) is 0. The maximum absolute atomic E-state index is 7.28. The maximum Gasteiger partial charge on any atom is 0.145 e. The first kappa shape index (κ1) is 41.0. The summed E-state index contributed by atoms with van der Waals surface area (Å²) in [7, 11) is 0. The van der Waals surface area contributed by atoms with Crippen molar-refractivity contribution in [2.45, 2.75) is 5.41 Å². The van der Waals surface area contributed by atoms with Crippen LogP contribution in [-0.2, 0) is 5.41 Å². The van der Waals surface area contributed by atoms with Crippen molar-refractivity contribution < 1.29 is 4.42 Å². The molecule has 0 amide bonds. The lowest BCUT2D eigenvalue weighted by Gasteiger charge is -2.36. The summed E-state index contributed by atoms with van der Waals surface area (Å²) in [5, 5.41) is 2.14. The molecule has 0 spiro atoms. The molecule has 70 heavy (non-hydrogen) atoms. The van der Waals surface area contributed by atoms with E-state index < -0.39 is 5.41 Å². The summed E-state index contributed by atoms with van der Waals surface area (Å²) in [5.74, 6) is 0. The highest BCUT2D eigenvalue weighted by atomic mass is 16.3. The van der Waals surface area contributed by atoms with E-state index >= 15 is 0 Å². The van der Waals surface area contributed by atoms with E-state index in [9.17, 15) is 0 Å². The molecular weight excluding hydrogens is 849 g/mol. The van der Waals surface area contributed by atoms with Crippen molar-refractivity contribution >= 4 is 56.1 Å². The fourth-order valence-electron chi connectivity index (χ4n) is 11.0. The van der Waals surface area contributed by atoms with Gasteiger partial charge in [0.05, 0.1) is 16.5 Å². The molecule has 0 N–H and O–H groups in total. The zero-order valence-electron chi connectivity index (χ0n) is 38.4. The van der Waals surface area contributed by atoms with Gasteiger partial charge in [-0.3, -0.25) is 0 Å². The molecule has 0 fully saturated rings. The molecule has 1 aliphatic carbocycles. The zero-order chi connectivity index (χ0) is 46.4. The third kappa shape index (κ3) is 6.74. The Hall–Kier alpha value is -9.18. The van der Waals surface area contributed by atoms with Crippen LogP contribution in [0.5, 0.6) is 0 Å². The molecule has 1 heterocycles. The van der Waals surface area contributed by atoms with E-state index in [4.69, 9.17) is 4.42 Å². The van der Waals surface area contributed by atoms with E-state index in [0.717, 1.165) is 67.2 Å². The van der Waals surface area contributed by atoms with Crippen LogP contribution in [0.3, 0.4) is 0 Å². The predicted molar refractivity (Wildman–Crippen MR) is 291 cm³/mol. The predicted octanol–water partition coefficient (Wildman–Crippen LogP) is 18.2. The quantitative estimate of drug-likeness (QED) is 0.136. The molecule has 1 aromatic heterocycles. The van der Waals surface area contributed by atoms with Crippen LogP contribution in [0.4, 0.5) is 34.1 Å². The van der Waals surface area contributed by atoms with Gasteiger partial charge in [0.2, 0.25) is 0 Å². The fraction of sp³-hybridized carbons (Fsp3) is 0.0149. The van der Waals surface area contributed by atoms with Crippen LogP contribution in [0.2, 0.25) is 0 Å². The normalized spacial score (nSPS) is 12.4. The Morgan fingerprint density at radius 1 is 0.314 bits per heavy atom. The molecule has 3 heteroatoms. The van der Waals surface area contributed by atoms with Gasteiger partial charge in [-0.2, -0.15) is 0 Å². The summed E-state index contributed by atoms with van der Waals surface area (Å²) >= 11 is 0. The van der Waals surface area contributed by atoms with Crippen molar-refractivity contribution in [3.8, 4) is 33.4 Å².